The minimum atomic E-state index is -0.758. The zero-order valence-electron chi connectivity index (χ0n) is 11.3. The van der Waals surface area contributed by atoms with Gasteiger partial charge in [-0.3, -0.25) is 9.59 Å². The molecule has 1 saturated heterocycles. The molecule has 1 aromatic heterocycles. The molecule has 4 nitrogen and oxygen atoms in total. The molecule has 108 valence electrons. The average molecular weight is 293 g/mol. The second-order valence-corrected chi connectivity index (χ2v) is 6.05. The summed E-state index contributed by atoms with van der Waals surface area (Å²) < 4.78 is 0. The number of amides is 1. The molecule has 1 amide bonds. The fraction of sp³-hybridized carbons (Fsp3) is 0.467. The first kappa shape index (κ1) is 14.8. The first-order chi connectivity index (χ1) is 9.65. The number of hydrogen-bond acceptors (Lipinski definition) is 3. The molecule has 1 aliphatic heterocycles. The molecule has 1 unspecified atom stereocenters. The number of hydrogen-bond donors (Lipinski definition) is 1. The zero-order valence-corrected chi connectivity index (χ0v) is 12.1. The van der Waals surface area contributed by atoms with Crippen LogP contribution < -0.4 is 0 Å². The molecule has 2 heterocycles. The fourth-order valence-corrected chi connectivity index (χ4v) is 3.09. The van der Waals surface area contributed by atoms with E-state index in [1.165, 1.54) is 0 Å². The van der Waals surface area contributed by atoms with Crippen LogP contribution in [-0.4, -0.2) is 35.0 Å². The topological polar surface area (TPSA) is 57.6 Å². The third-order valence-corrected chi connectivity index (χ3v) is 4.37. The van der Waals surface area contributed by atoms with E-state index in [9.17, 15) is 9.59 Å². The van der Waals surface area contributed by atoms with Gasteiger partial charge in [0.05, 0.1) is 0 Å². The van der Waals surface area contributed by atoms with Crippen molar-refractivity contribution in [3.8, 4) is 0 Å². The van der Waals surface area contributed by atoms with Gasteiger partial charge < -0.3 is 10.0 Å². The predicted molar refractivity (Wildman–Crippen MR) is 79.5 cm³/mol. The third-order valence-electron chi connectivity index (χ3n) is 3.53. The van der Waals surface area contributed by atoms with Crippen molar-refractivity contribution in [3.05, 3.63) is 28.5 Å². The summed E-state index contributed by atoms with van der Waals surface area (Å²) in [4.78, 5) is 25.6. The first-order valence-electron chi connectivity index (χ1n) is 6.87. The van der Waals surface area contributed by atoms with Crippen LogP contribution in [0, 0.1) is 5.92 Å². The number of rotatable bonds is 5. The summed E-state index contributed by atoms with van der Waals surface area (Å²) in [7, 11) is 0. The molecule has 1 aromatic rings. The van der Waals surface area contributed by atoms with Gasteiger partial charge in [0.1, 0.15) is 0 Å². The Morgan fingerprint density at radius 1 is 1.50 bits per heavy atom. The summed E-state index contributed by atoms with van der Waals surface area (Å²) in [6.45, 7) is 1.46. The van der Waals surface area contributed by atoms with E-state index in [1.807, 2.05) is 28.5 Å². The number of aliphatic carboxylic acids is 1. The Kier molecular flexibility index (Phi) is 5.35. The fourth-order valence-electron chi connectivity index (χ4n) is 2.47. The van der Waals surface area contributed by atoms with E-state index in [4.69, 9.17) is 5.11 Å². The summed E-state index contributed by atoms with van der Waals surface area (Å²) in [6, 6.07) is 3.93. The van der Waals surface area contributed by atoms with Crippen molar-refractivity contribution in [2.24, 2.45) is 5.92 Å². The van der Waals surface area contributed by atoms with Crippen LogP contribution in [0.3, 0.4) is 0 Å². The van der Waals surface area contributed by atoms with Gasteiger partial charge in [-0.2, -0.15) is 0 Å². The molecule has 0 aromatic carbocycles. The van der Waals surface area contributed by atoms with E-state index in [2.05, 4.69) is 0 Å². The van der Waals surface area contributed by atoms with Gasteiger partial charge in [0.25, 0.3) is 0 Å². The average Bonchev–Trinajstić information content (AvgIpc) is 2.96. The number of nitrogens with zero attached hydrogens (tertiary/aromatic N) is 1. The standard InChI is InChI=1S/C15H19NO3S/c17-14(7-6-13-4-2-10-20-13)16-9-1-3-12(11-16)5-8-15(18)19/h2,4,6-7,10,12H,1,3,5,8-9,11H2,(H,18,19). The highest BCUT2D eigenvalue weighted by molar-refractivity contribution is 7.10. The Balaban J connectivity index is 1.85. The number of carbonyl (C=O) groups is 2. The highest BCUT2D eigenvalue weighted by Gasteiger charge is 2.22. The third kappa shape index (κ3) is 4.49. The van der Waals surface area contributed by atoms with Gasteiger partial charge in [-0.25, -0.2) is 0 Å². The largest absolute Gasteiger partial charge is 0.481 e. The second kappa shape index (κ2) is 7.24. The highest BCUT2D eigenvalue weighted by Crippen LogP contribution is 2.21. The minimum absolute atomic E-state index is 0.0263. The molecular weight excluding hydrogens is 274 g/mol. The molecule has 20 heavy (non-hydrogen) atoms. The van der Waals surface area contributed by atoms with Gasteiger partial charge in [-0.05, 0) is 42.7 Å². The van der Waals surface area contributed by atoms with Crippen molar-refractivity contribution < 1.29 is 14.7 Å². The highest BCUT2D eigenvalue weighted by atomic mass is 32.1. The lowest BCUT2D eigenvalue weighted by Gasteiger charge is -2.31. The van der Waals surface area contributed by atoms with Gasteiger partial charge in [0.2, 0.25) is 5.91 Å². The van der Waals surface area contributed by atoms with E-state index in [1.54, 1.807) is 17.4 Å². The molecular formula is C15H19NO3S. The Labute approximate surface area is 122 Å². The normalized spacial score (nSPS) is 19.4. The molecule has 2 rings (SSSR count). The van der Waals surface area contributed by atoms with Crippen LogP contribution in [0.1, 0.15) is 30.6 Å². The van der Waals surface area contributed by atoms with Crippen LogP contribution >= 0.6 is 11.3 Å². The van der Waals surface area contributed by atoms with Gasteiger partial charge in [-0.1, -0.05) is 6.07 Å². The van der Waals surface area contributed by atoms with Crippen molar-refractivity contribution in [1.82, 2.24) is 4.90 Å². The number of carboxylic acids is 1. The van der Waals surface area contributed by atoms with Crippen molar-refractivity contribution in [2.45, 2.75) is 25.7 Å². The lowest BCUT2D eigenvalue weighted by molar-refractivity contribution is -0.137. The molecule has 1 atom stereocenters. The van der Waals surface area contributed by atoms with Gasteiger partial charge in [-0.15, -0.1) is 11.3 Å². The van der Waals surface area contributed by atoms with E-state index >= 15 is 0 Å². The maximum Gasteiger partial charge on any atom is 0.303 e. The Morgan fingerprint density at radius 2 is 2.35 bits per heavy atom. The van der Waals surface area contributed by atoms with Crippen molar-refractivity contribution in [2.75, 3.05) is 13.1 Å². The van der Waals surface area contributed by atoms with Gasteiger partial charge >= 0.3 is 5.97 Å². The van der Waals surface area contributed by atoms with Crippen molar-refractivity contribution in [3.63, 3.8) is 0 Å². The maximum atomic E-state index is 12.1. The smallest absolute Gasteiger partial charge is 0.303 e. The molecule has 5 heteroatoms. The van der Waals surface area contributed by atoms with Crippen molar-refractivity contribution >= 4 is 29.3 Å². The molecule has 1 fully saturated rings. The summed E-state index contributed by atoms with van der Waals surface area (Å²) in [5.41, 5.74) is 0. The van der Waals surface area contributed by atoms with Crippen LogP contribution in [0.2, 0.25) is 0 Å². The monoisotopic (exact) mass is 293 g/mol. The van der Waals surface area contributed by atoms with Crippen LogP contribution in [0.5, 0.6) is 0 Å². The molecule has 1 N–H and O–H groups in total. The van der Waals surface area contributed by atoms with Gasteiger partial charge in [0, 0.05) is 30.5 Å². The van der Waals surface area contributed by atoms with E-state index < -0.39 is 5.97 Å². The molecule has 0 spiro atoms. The molecule has 1 aliphatic rings. The number of carbonyl (C=O) groups excluding carboxylic acids is 1. The molecule has 0 aliphatic carbocycles. The van der Waals surface area contributed by atoms with Crippen LogP contribution in [0.4, 0.5) is 0 Å². The Hall–Kier alpha value is -1.62. The van der Waals surface area contributed by atoms with Gasteiger partial charge in [0.15, 0.2) is 0 Å². The maximum absolute atomic E-state index is 12.1. The van der Waals surface area contributed by atoms with E-state index in [0.717, 1.165) is 24.3 Å². The predicted octanol–water partition coefficient (Wildman–Crippen LogP) is 2.86. The zero-order chi connectivity index (χ0) is 14.4. The lowest BCUT2D eigenvalue weighted by atomic mass is 9.93. The summed E-state index contributed by atoms with van der Waals surface area (Å²) >= 11 is 1.60. The number of piperidine rings is 1. The first-order valence-corrected chi connectivity index (χ1v) is 7.75. The summed E-state index contributed by atoms with van der Waals surface area (Å²) in [5, 5.41) is 10.7. The number of thiophene rings is 1. The van der Waals surface area contributed by atoms with Crippen LogP contribution in [-0.2, 0) is 9.59 Å². The number of carboxylic acid groups (broad SMARTS) is 1. The SMILES string of the molecule is O=C(O)CCC1CCCN(C(=O)C=Cc2cccs2)C1. The summed E-state index contributed by atoms with van der Waals surface area (Å²) in [6.07, 6.45) is 6.29. The van der Waals surface area contributed by atoms with E-state index in [0.29, 0.717) is 18.9 Å². The Bertz CT molecular complexity index is 481. The van der Waals surface area contributed by atoms with E-state index in [-0.39, 0.29) is 12.3 Å². The molecule has 0 radical (unpaired) electrons. The molecule has 0 bridgehead atoms. The lowest BCUT2D eigenvalue weighted by Crippen LogP contribution is -2.39. The second-order valence-electron chi connectivity index (χ2n) is 5.07. The Morgan fingerprint density at radius 3 is 3.05 bits per heavy atom. The summed E-state index contributed by atoms with van der Waals surface area (Å²) in [5.74, 6) is -0.414. The van der Waals surface area contributed by atoms with Crippen molar-refractivity contribution in [1.29, 1.82) is 0 Å². The molecule has 0 saturated carbocycles. The van der Waals surface area contributed by atoms with Crippen LogP contribution in [0.25, 0.3) is 6.08 Å². The quantitative estimate of drug-likeness (QED) is 0.849. The minimum Gasteiger partial charge on any atom is -0.481 e. The number of likely N-dealkylation sites (tertiary alicyclic amines) is 1. The van der Waals surface area contributed by atoms with Crippen LogP contribution in [0.15, 0.2) is 23.6 Å².